The molecule has 0 aliphatic carbocycles. The van der Waals surface area contributed by atoms with Crippen molar-refractivity contribution >= 4 is 17.3 Å². The van der Waals surface area contributed by atoms with Crippen LogP contribution >= 0.6 is 0 Å². The zero-order valence-corrected chi connectivity index (χ0v) is 14.5. The summed E-state index contributed by atoms with van der Waals surface area (Å²) in [4.78, 5) is 14.6. The molecular weight excluding hydrogens is 300 g/mol. The summed E-state index contributed by atoms with van der Waals surface area (Å²) in [5.74, 6) is -0.0869. The van der Waals surface area contributed by atoms with Gasteiger partial charge in [0.2, 0.25) is 0 Å². The van der Waals surface area contributed by atoms with E-state index in [-0.39, 0.29) is 12.0 Å². The van der Waals surface area contributed by atoms with E-state index in [0.29, 0.717) is 11.6 Å². The van der Waals surface area contributed by atoms with E-state index < -0.39 is 0 Å². The van der Waals surface area contributed by atoms with Crippen molar-refractivity contribution in [3.05, 3.63) is 59.7 Å². The summed E-state index contributed by atoms with van der Waals surface area (Å²) < 4.78 is 5.68. The number of nitrogens with zero attached hydrogens (tertiary/aromatic N) is 1. The molecule has 1 heterocycles. The van der Waals surface area contributed by atoms with E-state index in [4.69, 9.17) is 4.74 Å². The van der Waals surface area contributed by atoms with Crippen molar-refractivity contribution in [2.75, 3.05) is 23.4 Å². The lowest BCUT2D eigenvalue weighted by atomic mass is 10.1. The standard InChI is InChI=1S/C20H24N2O2/c1-14-4-6-17(7-5-14)20(23)21-18-8-10-19(11-9-18)22-12-16(3)24-13-15(22)2/h4-11,15-16H,12-13H2,1-3H3,(H,21,23). The molecule has 0 spiro atoms. The molecule has 1 amide bonds. The fraction of sp³-hybridized carbons (Fsp3) is 0.350. The van der Waals surface area contributed by atoms with Crippen molar-refractivity contribution in [2.24, 2.45) is 0 Å². The van der Waals surface area contributed by atoms with Gasteiger partial charge in [0.15, 0.2) is 0 Å². The van der Waals surface area contributed by atoms with Crippen LogP contribution in [0.2, 0.25) is 0 Å². The maximum absolute atomic E-state index is 12.3. The van der Waals surface area contributed by atoms with Crippen molar-refractivity contribution in [1.82, 2.24) is 0 Å². The number of hydrogen-bond donors (Lipinski definition) is 1. The zero-order chi connectivity index (χ0) is 17.1. The monoisotopic (exact) mass is 324 g/mol. The third kappa shape index (κ3) is 3.77. The van der Waals surface area contributed by atoms with Crippen LogP contribution in [0.15, 0.2) is 48.5 Å². The van der Waals surface area contributed by atoms with Gasteiger partial charge in [0.25, 0.3) is 5.91 Å². The van der Waals surface area contributed by atoms with E-state index in [9.17, 15) is 4.79 Å². The molecular formula is C20H24N2O2. The van der Waals surface area contributed by atoms with E-state index >= 15 is 0 Å². The van der Waals surface area contributed by atoms with Gasteiger partial charge in [0.05, 0.1) is 12.7 Å². The second kappa shape index (κ2) is 7.05. The smallest absolute Gasteiger partial charge is 0.255 e. The highest BCUT2D eigenvalue weighted by atomic mass is 16.5. The van der Waals surface area contributed by atoms with Gasteiger partial charge < -0.3 is 15.0 Å². The molecule has 2 unspecified atom stereocenters. The molecule has 4 heteroatoms. The van der Waals surface area contributed by atoms with Crippen LogP contribution in [0.4, 0.5) is 11.4 Å². The first-order chi connectivity index (χ1) is 11.5. The summed E-state index contributed by atoms with van der Waals surface area (Å²) in [6.45, 7) is 7.89. The molecule has 4 nitrogen and oxygen atoms in total. The zero-order valence-electron chi connectivity index (χ0n) is 14.5. The minimum absolute atomic E-state index is 0.0869. The Morgan fingerprint density at radius 3 is 2.42 bits per heavy atom. The minimum atomic E-state index is -0.0869. The Morgan fingerprint density at radius 1 is 1.08 bits per heavy atom. The molecule has 126 valence electrons. The number of ether oxygens (including phenoxy) is 1. The van der Waals surface area contributed by atoms with Gasteiger partial charge in [0.1, 0.15) is 0 Å². The average Bonchev–Trinajstić information content (AvgIpc) is 2.58. The number of benzene rings is 2. The van der Waals surface area contributed by atoms with E-state index in [2.05, 4.69) is 36.2 Å². The van der Waals surface area contributed by atoms with Crippen molar-refractivity contribution in [3.63, 3.8) is 0 Å². The lowest BCUT2D eigenvalue weighted by molar-refractivity contribution is 0.0344. The largest absolute Gasteiger partial charge is 0.375 e. The predicted octanol–water partition coefficient (Wildman–Crippen LogP) is 3.86. The second-order valence-electron chi connectivity index (χ2n) is 6.51. The molecule has 0 saturated carbocycles. The molecule has 1 N–H and O–H groups in total. The van der Waals surface area contributed by atoms with Gasteiger partial charge in [-0.25, -0.2) is 0 Å². The van der Waals surface area contributed by atoms with Crippen LogP contribution < -0.4 is 10.2 Å². The first-order valence-electron chi connectivity index (χ1n) is 8.39. The molecule has 2 aromatic carbocycles. The Labute approximate surface area is 143 Å². The van der Waals surface area contributed by atoms with E-state index in [1.54, 1.807) is 0 Å². The van der Waals surface area contributed by atoms with Crippen LogP contribution in [0.3, 0.4) is 0 Å². The van der Waals surface area contributed by atoms with Crippen molar-refractivity contribution in [1.29, 1.82) is 0 Å². The third-order valence-corrected chi connectivity index (χ3v) is 4.38. The molecule has 24 heavy (non-hydrogen) atoms. The number of morpholine rings is 1. The fourth-order valence-electron chi connectivity index (χ4n) is 2.91. The van der Waals surface area contributed by atoms with E-state index in [1.165, 1.54) is 0 Å². The fourth-order valence-corrected chi connectivity index (χ4v) is 2.91. The molecule has 3 rings (SSSR count). The van der Waals surface area contributed by atoms with Gasteiger partial charge in [-0.3, -0.25) is 4.79 Å². The number of carbonyl (C=O) groups excluding carboxylic acids is 1. The first-order valence-corrected chi connectivity index (χ1v) is 8.39. The second-order valence-corrected chi connectivity index (χ2v) is 6.51. The molecule has 1 aliphatic heterocycles. The predicted molar refractivity (Wildman–Crippen MR) is 97.8 cm³/mol. The SMILES string of the molecule is Cc1ccc(C(=O)Nc2ccc(N3CC(C)OCC3C)cc2)cc1. The Hall–Kier alpha value is -2.33. The molecule has 1 saturated heterocycles. The Morgan fingerprint density at radius 2 is 1.75 bits per heavy atom. The molecule has 0 aromatic heterocycles. The lowest BCUT2D eigenvalue weighted by Crippen LogP contribution is -2.47. The number of carbonyl (C=O) groups is 1. The van der Waals surface area contributed by atoms with E-state index in [0.717, 1.165) is 30.1 Å². The Bertz CT molecular complexity index is 695. The maximum atomic E-state index is 12.3. The third-order valence-electron chi connectivity index (χ3n) is 4.38. The summed E-state index contributed by atoms with van der Waals surface area (Å²) in [5.41, 5.74) is 3.77. The average molecular weight is 324 g/mol. The highest BCUT2D eigenvalue weighted by molar-refractivity contribution is 6.04. The quantitative estimate of drug-likeness (QED) is 0.932. The van der Waals surface area contributed by atoms with Crippen molar-refractivity contribution < 1.29 is 9.53 Å². The molecule has 1 aliphatic rings. The van der Waals surface area contributed by atoms with Crippen LogP contribution in [0, 0.1) is 6.92 Å². The van der Waals surface area contributed by atoms with Gasteiger partial charge >= 0.3 is 0 Å². The van der Waals surface area contributed by atoms with Gasteiger partial charge in [-0.1, -0.05) is 17.7 Å². The van der Waals surface area contributed by atoms with Gasteiger partial charge in [-0.15, -0.1) is 0 Å². The normalized spacial score (nSPS) is 20.7. The Kier molecular flexibility index (Phi) is 4.86. The summed E-state index contributed by atoms with van der Waals surface area (Å²) in [6.07, 6.45) is 0.238. The first kappa shape index (κ1) is 16.5. The molecule has 2 aromatic rings. The Balaban J connectivity index is 1.68. The number of rotatable bonds is 3. The van der Waals surface area contributed by atoms with Crippen molar-refractivity contribution in [2.45, 2.75) is 32.9 Å². The van der Waals surface area contributed by atoms with Crippen LogP contribution in [0.1, 0.15) is 29.8 Å². The summed E-state index contributed by atoms with van der Waals surface area (Å²) in [7, 11) is 0. The van der Waals surface area contributed by atoms with Crippen LogP contribution in [-0.4, -0.2) is 31.2 Å². The number of anilines is 2. The number of amides is 1. The molecule has 0 radical (unpaired) electrons. The summed E-state index contributed by atoms with van der Waals surface area (Å²) in [6, 6.07) is 15.9. The lowest BCUT2D eigenvalue weighted by Gasteiger charge is -2.38. The van der Waals surface area contributed by atoms with Crippen LogP contribution in [0.5, 0.6) is 0 Å². The molecule has 2 atom stereocenters. The topological polar surface area (TPSA) is 41.6 Å². The van der Waals surface area contributed by atoms with E-state index in [1.807, 2.05) is 43.3 Å². The van der Waals surface area contributed by atoms with Crippen molar-refractivity contribution in [3.8, 4) is 0 Å². The summed E-state index contributed by atoms with van der Waals surface area (Å²) in [5, 5.41) is 2.95. The number of hydrogen-bond acceptors (Lipinski definition) is 3. The summed E-state index contributed by atoms with van der Waals surface area (Å²) >= 11 is 0. The van der Waals surface area contributed by atoms with Gasteiger partial charge in [0, 0.05) is 29.5 Å². The highest BCUT2D eigenvalue weighted by Gasteiger charge is 2.23. The van der Waals surface area contributed by atoms with Gasteiger partial charge in [-0.2, -0.15) is 0 Å². The molecule has 1 fully saturated rings. The van der Waals surface area contributed by atoms with Crippen LogP contribution in [0.25, 0.3) is 0 Å². The minimum Gasteiger partial charge on any atom is -0.375 e. The maximum Gasteiger partial charge on any atom is 0.255 e. The van der Waals surface area contributed by atoms with Crippen LogP contribution in [-0.2, 0) is 4.74 Å². The van der Waals surface area contributed by atoms with Gasteiger partial charge in [-0.05, 0) is 57.2 Å². The number of aryl methyl sites for hydroxylation is 1. The number of nitrogens with one attached hydrogen (secondary N) is 1. The highest BCUT2D eigenvalue weighted by Crippen LogP contribution is 2.23. The molecule has 0 bridgehead atoms.